The maximum absolute atomic E-state index is 11.8. The van der Waals surface area contributed by atoms with Crippen molar-refractivity contribution >= 4 is 0 Å². The third-order valence-corrected chi connectivity index (χ3v) is 3.88. The second kappa shape index (κ2) is 5.86. The molecular formula is C18H15N5O2. The maximum Gasteiger partial charge on any atom is 0.330 e. The highest BCUT2D eigenvalue weighted by Gasteiger charge is 2.12. The normalized spacial score (nSPS) is 11.0. The quantitative estimate of drug-likeness (QED) is 0.622. The summed E-state index contributed by atoms with van der Waals surface area (Å²) in [5, 5.41) is 4.02. The van der Waals surface area contributed by atoms with Gasteiger partial charge in [0.15, 0.2) is 0 Å². The number of nitrogens with one attached hydrogen (secondary N) is 1. The summed E-state index contributed by atoms with van der Waals surface area (Å²) in [6.45, 7) is 3.77. The van der Waals surface area contributed by atoms with Crippen molar-refractivity contribution in [3.05, 3.63) is 70.5 Å². The van der Waals surface area contributed by atoms with Crippen LogP contribution in [0, 0.1) is 13.8 Å². The van der Waals surface area contributed by atoms with Crippen LogP contribution in [0.15, 0.2) is 58.0 Å². The molecule has 124 valence electrons. The number of imidazole rings is 1. The van der Waals surface area contributed by atoms with E-state index in [0.29, 0.717) is 17.4 Å². The Morgan fingerprint density at radius 2 is 1.84 bits per heavy atom. The lowest BCUT2D eigenvalue weighted by Crippen LogP contribution is -2.15. The Balaban J connectivity index is 1.66. The summed E-state index contributed by atoms with van der Waals surface area (Å²) in [6, 6.07) is 13.0. The van der Waals surface area contributed by atoms with Gasteiger partial charge in [0.05, 0.1) is 5.69 Å². The highest BCUT2D eigenvalue weighted by atomic mass is 16.5. The fourth-order valence-corrected chi connectivity index (χ4v) is 2.64. The van der Waals surface area contributed by atoms with Gasteiger partial charge in [0.2, 0.25) is 5.82 Å². The van der Waals surface area contributed by atoms with Gasteiger partial charge in [0.1, 0.15) is 5.69 Å². The van der Waals surface area contributed by atoms with Gasteiger partial charge in [-0.05, 0) is 50.2 Å². The SMILES string of the molecule is Cc1cccc(-c2nc(-c3ccc(-n4c(C)c[nH]c4=O)cc3)no2)n1. The number of rotatable bonds is 3. The zero-order chi connectivity index (χ0) is 17.4. The minimum Gasteiger partial charge on any atom is -0.332 e. The Hall–Kier alpha value is -3.48. The Morgan fingerprint density at radius 1 is 1.04 bits per heavy atom. The largest absolute Gasteiger partial charge is 0.332 e. The van der Waals surface area contributed by atoms with Gasteiger partial charge >= 0.3 is 5.69 Å². The number of aromatic nitrogens is 5. The number of pyridine rings is 1. The third kappa shape index (κ3) is 2.76. The zero-order valence-electron chi connectivity index (χ0n) is 13.7. The van der Waals surface area contributed by atoms with Crippen molar-refractivity contribution in [1.82, 2.24) is 24.7 Å². The van der Waals surface area contributed by atoms with E-state index in [1.165, 1.54) is 0 Å². The fourth-order valence-electron chi connectivity index (χ4n) is 2.64. The first kappa shape index (κ1) is 15.1. The number of aryl methyl sites for hydroxylation is 2. The third-order valence-electron chi connectivity index (χ3n) is 3.88. The van der Waals surface area contributed by atoms with Crippen molar-refractivity contribution in [2.45, 2.75) is 13.8 Å². The average molecular weight is 333 g/mol. The summed E-state index contributed by atoms with van der Waals surface area (Å²) < 4.78 is 6.92. The monoisotopic (exact) mass is 333 g/mol. The molecule has 0 bridgehead atoms. The van der Waals surface area contributed by atoms with Crippen molar-refractivity contribution in [3.8, 4) is 28.7 Å². The first-order chi connectivity index (χ1) is 12.1. The fraction of sp³-hybridized carbons (Fsp3) is 0.111. The van der Waals surface area contributed by atoms with E-state index in [0.717, 1.165) is 22.6 Å². The van der Waals surface area contributed by atoms with Gasteiger partial charge in [-0.2, -0.15) is 4.98 Å². The van der Waals surface area contributed by atoms with E-state index in [1.54, 1.807) is 10.8 Å². The van der Waals surface area contributed by atoms with E-state index in [4.69, 9.17) is 4.52 Å². The molecular weight excluding hydrogens is 318 g/mol. The molecule has 0 amide bonds. The number of H-pyrrole nitrogens is 1. The predicted octanol–water partition coefficient (Wildman–Crippen LogP) is 2.89. The zero-order valence-corrected chi connectivity index (χ0v) is 13.7. The predicted molar refractivity (Wildman–Crippen MR) is 92.4 cm³/mol. The number of hydrogen-bond acceptors (Lipinski definition) is 5. The second-order valence-corrected chi connectivity index (χ2v) is 5.70. The molecule has 3 aromatic heterocycles. The Labute approximate surface area is 143 Å². The van der Waals surface area contributed by atoms with Crippen LogP contribution in [-0.2, 0) is 0 Å². The molecule has 0 fully saturated rings. The molecule has 0 aliphatic rings. The lowest BCUT2D eigenvalue weighted by molar-refractivity contribution is 0.431. The molecule has 0 saturated heterocycles. The van der Waals surface area contributed by atoms with Crippen LogP contribution in [0.5, 0.6) is 0 Å². The van der Waals surface area contributed by atoms with Crippen molar-refractivity contribution in [1.29, 1.82) is 0 Å². The van der Waals surface area contributed by atoms with Crippen LogP contribution in [0.25, 0.3) is 28.7 Å². The van der Waals surface area contributed by atoms with Gasteiger partial charge in [-0.3, -0.25) is 4.57 Å². The molecule has 4 rings (SSSR count). The second-order valence-electron chi connectivity index (χ2n) is 5.70. The molecule has 0 unspecified atom stereocenters. The summed E-state index contributed by atoms with van der Waals surface area (Å²) >= 11 is 0. The van der Waals surface area contributed by atoms with E-state index in [2.05, 4.69) is 20.1 Å². The van der Waals surface area contributed by atoms with Crippen LogP contribution in [0.1, 0.15) is 11.4 Å². The summed E-state index contributed by atoms with van der Waals surface area (Å²) in [6.07, 6.45) is 1.68. The first-order valence-electron chi connectivity index (χ1n) is 7.77. The molecule has 0 aliphatic carbocycles. The van der Waals surface area contributed by atoms with Gasteiger partial charge in [-0.25, -0.2) is 9.78 Å². The topological polar surface area (TPSA) is 89.6 Å². The molecule has 0 aliphatic heterocycles. The van der Waals surface area contributed by atoms with Crippen molar-refractivity contribution in [2.24, 2.45) is 0 Å². The van der Waals surface area contributed by atoms with Gasteiger partial charge in [-0.1, -0.05) is 11.2 Å². The molecule has 1 aromatic carbocycles. The van der Waals surface area contributed by atoms with Crippen molar-refractivity contribution < 1.29 is 4.52 Å². The van der Waals surface area contributed by atoms with Crippen LogP contribution in [-0.4, -0.2) is 24.7 Å². The summed E-state index contributed by atoms with van der Waals surface area (Å²) in [4.78, 5) is 23.3. The lowest BCUT2D eigenvalue weighted by atomic mass is 10.2. The van der Waals surface area contributed by atoms with Crippen molar-refractivity contribution in [2.75, 3.05) is 0 Å². The Kier molecular flexibility index (Phi) is 3.53. The Morgan fingerprint density at radius 3 is 2.52 bits per heavy atom. The van der Waals surface area contributed by atoms with Gasteiger partial charge in [0.25, 0.3) is 5.89 Å². The highest BCUT2D eigenvalue weighted by Crippen LogP contribution is 2.22. The van der Waals surface area contributed by atoms with Crippen LogP contribution < -0.4 is 5.69 Å². The average Bonchev–Trinajstić information content (AvgIpc) is 3.23. The molecule has 3 heterocycles. The number of aromatic amines is 1. The van der Waals surface area contributed by atoms with E-state index in [-0.39, 0.29) is 5.69 Å². The highest BCUT2D eigenvalue weighted by molar-refractivity contribution is 5.59. The van der Waals surface area contributed by atoms with E-state index < -0.39 is 0 Å². The van der Waals surface area contributed by atoms with Crippen molar-refractivity contribution in [3.63, 3.8) is 0 Å². The maximum atomic E-state index is 11.8. The number of benzene rings is 1. The molecule has 7 heteroatoms. The number of nitrogens with zero attached hydrogens (tertiary/aromatic N) is 4. The smallest absolute Gasteiger partial charge is 0.330 e. The van der Waals surface area contributed by atoms with Crippen LogP contribution >= 0.6 is 0 Å². The molecule has 0 spiro atoms. The molecule has 1 N–H and O–H groups in total. The lowest BCUT2D eigenvalue weighted by Gasteiger charge is -2.04. The van der Waals surface area contributed by atoms with E-state index >= 15 is 0 Å². The van der Waals surface area contributed by atoms with E-state index in [1.807, 2.05) is 56.3 Å². The molecule has 0 saturated carbocycles. The van der Waals surface area contributed by atoms with Crippen LogP contribution in [0.3, 0.4) is 0 Å². The molecule has 4 aromatic rings. The standard InChI is InChI=1S/C18H15N5O2/c1-11-4-3-5-15(20-11)17-21-16(22-25-17)13-6-8-14(9-7-13)23-12(2)10-19-18(23)24/h3-10H,1-2H3,(H,19,24). The molecule has 0 radical (unpaired) electrons. The minimum atomic E-state index is -0.169. The first-order valence-corrected chi connectivity index (χ1v) is 7.77. The molecule has 0 atom stereocenters. The molecule has 7 nitrogen and oxygen atoms in total. The van der Waals surface area contributed by atoms with Crippen LogP contribution in [0.2, 0.25) is 0 Å². The minimum absolute atomic E-state index is 0.169. The summed E-state index contributed by atoms with van der Waals surface area (Å²) in [5.74, 6) is 0.850. The Bertz CT molecular complexity index is 1090. The van der Waals surface area contributed by atoms with E-state index in [9.17, 15) is 4.79 Å². The van der Waals surface area contributed by atoms with Gasteiger partial charge < -0.3 is 9.51 Å². The van der Waals surface area contributed by atoms with Gasteiger partial charge in [-0.15, -0.1) is 0 Å². The summed E-state index contributed by atoms with van der Waals surface area (Å²) in [7, 11) is 0. The summed E-state index contributed by atoms with van der Waals surface area (Å²) in [5.41, 5.74) is 3.77. The van der Waals surface area contributed by atoms with Gasteiger partial charge in [0, 0.05) is 23.1 Å². The number of hydrogen-bond donors (Lipinski definition) is 1. The molecule has 25 heavy (non-hydrogen) atoms. The van der Waals surface area contributed by atoms with Crippen LogP contribution in [0.4, 0.5) is 0 Å².